The van der Waals surface area contributed by atoms with E-state index in [0.29, 0.717) is 29.1 Å². The van der Waals surface area contributed by atoms with E-state index in [1.165, 1.54) is 0 Å². The van der Waals surface area contributed by atoms with Gasteiger partial charge in [-0.2, -0.15) is 4.98 Å². The van der Waals surface area contributed by atoms with Gasteiger partial charge in [0, 0.05) is 36.5 Å². The molecule has 0 spiro atoms. The fraction of sp³-hybridized carbons (Fsp3) is 0.316. The molecule has 1 aromatic carbocycles. The molecule has 5 rings (SSSR count). The minimum absolute atomic E-state index is 0.0343. The van der Waals surface area contributed by atoms with E-state index in [-0.39, 0.29) is 12.0 Å². The lowest BCUT2D eigenvalue weighted by Crippen LogP contribution is -2.11. The molecule has 138 valence electrons. The Hall–Kier alpha value is -2.64. The third kappa shape index (κ3) is 2.74. The van der Waals surface area contributed by atoms with Crippen LogP contribution in [0, 0.1) is 6.92 Å². The number of hydrogen-bond donors (Lipinski definition) is 0. The van der Waals surface area contributed by atoms with Gasteiger partial charge in [0.05, 0.1) is 5.92 Å². The molecule has 1 aliphatic rings. The minimum Gasteiger partial charge on any atom is -0.452 e. The van der Waals surface area contributed by atoms with Crippen molar-refractivity contribution in [1.29, 1.82) is 0 Å². The number of rotatable bonds is 3. The van der Waals surface area contributed by atoms with Crippen molar-refractivity contribution in [1.82, 2.24) is 19.7 Å². The molecule has 3 aromatic heterocycles. The molecule has 0 saturated carbocycles. The molecule has 27 heavy (non-hydrogen) atoms. The summed E-state index contributed by atoms with van der Waals surface area (Å²) in [6.45, 7) is 2.58. The average Bonchev–Trinajstić information content (AvgIpc) is 3.39. The monoisotopic (exact) mass is 384 g/mol. The van der Waals surface area contributed by atoms with Gasteiger partial charge in [-0.1, -0.05) is 16.8 Å². The molecule has 0 bridgehead atoms. The Kier molecular flexibility index (Phi) is 3.80. The van der Waals surface area contributed by atoms with E-state index >= 15 is 0 Å². The Morgan fingerprint density at radius 1 is 1.26 bits per heavy atom. The highest BCUT2D eigenvalue weighted by molar-refractivity contribution is 6.31. The molecular formula is C19H17ClN4O3. The maximum atomic E-state index is 6.13. The second-order valence-corrected chi connectivity index (χ2v) is 7.23. The summed E-state index contributed by atoms with van der Waals surface area (Å²) in [6, 6.07) is 5.61. The van der Waals surface area contributed by atoms with Crippen LogP contribution in [0.3, 0.4) is 0 Å². The minimum atomic E-state index is -0.199. The van der Waals surface area contributed by atoms with Crippen LogP contribution in [0.15, 0.2) is 39.5 Å². The average molecular weight is 385 g/mol. The first-order chi connectivity index (χ1) is 13.1. The number of nitrogens with zero attached hydrogens (tertiary/aromatic N) is 4. The van der Waals surface area contributed by atoms with E-state index in [1.54, 1.807) is 6.20 Å². The largest absolute Gasteiger partial charge is 0.452 e. The summed E-state index contributed by atoms with van der Waals surface area (Å²) in [6.07, 6.45) is 4.26. The first kappa shape index (κ1) is 16.5. The maximum Gasteiger partial charge on any atom is 0.238 e. The molecule has 7 nitrogen and oxygen atoms in total. The van der Waals surface area contributed by atoms with E-state index in [1.807, 2.05) is 42.9 Å². The highest BCUT2D eigenvalue weighted by atomic mass is 35.5. The number of halogens is 1. The summed E-state index contributed by atoms with van der Waals surface area (Å²) in [5.41, 5.74) is 1.74. The summed E-state index contributed by atoms with van der Waals surface area (Å²) >= 11 is 6.13. The lowest BCUT2D eigenvalue weighted by Gasteiger charge is -2.14. The van der Waals surface area contributed by atoms with Crippen LogP contribution < -0.4 is 0 Å². The van der Waals surface area contributed by atoms with E-state index in [4.69, 9.17) is 25.3 Å². The molecule has 0 amide bonds. The Labute approximate surface area is 159 Å². The summed E-state index contributed by atoms with van der Waals surface area (Å²) in [4.78, 5) is 8.98. The lowest BCUT2D eigenvalue weighted by molar-refractivity contribution is 0.0895. The van der Waals surface area contributed by atoms with Gasteiger partial charge in [-0.15, -0.1) is 0 Å². The van der Waals surface area contributed by atoms with Gasteiger partial charge in [0.2, 0.25) is 11.7 Å². The van der Waals surface area contributed by atoms with E-state index in [9.17, 15) is 0 Å². The smallest absolute Gasteiger partial charge is 0.238 e. The molecule has 2 atom stereocenters. The molecular weight excluding hydrogens is 368 g/mol. The predicted molar refractivity (Wildman–Crippen MR) is 98.5 cm³/mol. The number of imidazole rings is 1. The highest BCUT2D eigenvalue weighted by Crippen LogP contribution is 2.41. The van der Waals surface area contributed by atoms with Crippen molar-refractivity contribution in [2.75, 3.05) is 6.61 Å². The topological polar surface area (TPSA) is 79.1 Å². The van der Waals surface area contributed by atoms with Crippen LogP contribution in [0.2, 0.25) is 5.02 Å². The van der Waals surface area contributed by atoms with Crippen molar-refractivity contribution < 1.29 is 13.7 Å². The Bertz CT molecular complexity index is 1130. The van der Waals surface area contributed by atoms with Gasteiger partial charge < -0.3 is 18.2 Å². The normalized spacial score (nSPS) is 20.0. The van der Waals surface area contributed by atoms with E-state index in [0.717, 1.165) is 28.8 Å². The molecule has 0 unspecified atom stereocenters. The zero-order valence-corrected chi connectivity index (χ0v) is 15.6. The van der Waals surface area contributed by atoms with Crippen LogP contribution in [-0.2, 0) is 11.8 Å². The number of ether oxygens (including phenoxy) is 1. The van der Waals surface area contributed by atoms with E-state index < -0.39 is 0 Å². The van der Waals surface area contributed by atoms with Crippen molar-refractivity contribution in [3.63, 3.8) is 0 Å². The third-order valence-corrected chi connectivity index (χ3v) is 5.17. The van der Waals surface area contributed by atoms with Crippen molar-refractivity contribution in [3.05, 3.63) is 52.9 Å². The van der Waals surface area contributed by atoms with Crippen molar-refractivity contribution in [2.45, 2.75) is 25.4 Å². The van der Waals surface area contributed by atoms with Gasteiger partial charge in [0.1, 0.15) is 17.5 Å². The van der Waals surface area contributed by atoms with Gasteiger partial charge >= 0.3 is 0 Å². The zero-order valence-electron chi connectivity index (χ0n) is 14.8. The number of benzene rings is 1. The lowest BCUT2D eigenvalue weighted by atomic mass is 10.0. The highest BCUT2D eigenvalue weighted by Gasteiger charge is 2.37. The molecule has 1 fully saturated rings. The number of fused-ring (bicyclic) bond motifs is 1. The maximum absolute atomic E-state index is 6.13. The molecule has 0 aliphatic carbocycles. The van der Waals surface area contributed by atoms with Crippen LogP contribution >= 0.6 is 11.6 Å². The molecule has 4 aromatic rings. The fourth-order valence-electron chi connectivity index (χ4n) is 3.63. The number of hydrogen-bond acceptors (Lipinski definition) is 6. The van der Waals surface area contributed by atoms with Crippen molar-refractivity contribution in [2.24, 2.45) is 7.05 Å². The van der Waals surface area contributed by atoms with E-state index in [2.05, 4.69) is 15.1 Å². The van der Waals surface area contributed by atoms with Gasteiger partial charge in [-0.25, -0.2) is 4.98 Å². The van der Waals surface area contributed by atoms with Crippen molar-refractivity contribution >= 4 is 22.6 Å². The number of aromatic nitrogens is 4. The Morgan fingerprint density at radius 2 is 2.15 bits per heavy atom. The summed E-state index contributed by atoms with van der Waals surface area (Å²) < 4.78 is 19.3. The van der Waals surface area contributed by atoms with Gasteiger partial charge in [0.15, 0.2) is 5.76 Å². The summed E-state index contributed by atoms with van der Waals surface area (Å²) in [5, 5.41) is 5.70. The standard InChI is InChI=1S/C19H17ClN4O3/c1-10-7-12(20)8-11-9-14(26-15(10)11)17-22-19(27-23-17)13-3-6-25-16(13)18-21-4-5-24(18)2/h4-5,7-9,13,16H,3,6H2,1-2H3/t13-,16-/m1/s1. The Morgan fingerprint density at radius 3 is 2.96 bits per heavy atom. The summed E-state index contributed by atoms with van der Waals surface area (Å²) in [7, 11) is 1.95. The Balaban J connectivity index is 1.49. The van der Waals surface area contributed by atoms with Crippen LogP contribution in [0.25, 0.3) is 22.6 Å². The van der Waals surface area contributed by atoms with Crippen LogP contribution in [-0.4, -0.2) is 26.3 Å². The zero-order chi connectivity index (χ0) is 18.5. The van der Waals surface area contributed by atoms with Crippen molar-refractivity contribution in [3.8, 4) is 11.6 Å². The quantitative estimate of drug-likeness (QED) is 0.520. The molecule has 1 aliphatic heterocycles. The van der Waals surface area contributed by atoms with Crippen LogP contribution in [0.5, 0.6) is 0 Å². The fourth-order valence-corrected chi connectivity index (χ4v) is 3.91. The molecule has 8 heteroatoms. The molecule has 0 N–H and O–H groups in total. The second kappa shape index (κ2) is 6.21. The number of furan rings is 1. The molecule has 4 heterocycles. The SMILES string of the molecule is Cc1cc(Cl)cc2cc(-c3noc([C@@H]4CCO[C@H]4c4nccn4C)n3)oc12. The first-order valence-corrected chi connectivity index (χ1v) is 9.10. The van der Waals surface area contributed by atoms with Gasteiger partial charge in [-0.3, -0.25) is 0 Å². The summed E-state index contributed by atoms with van der Waals surface area (Å²) in [5.74, 6) is 2.32. The molecule has 0 radical (unpaired) electrons. The van der Waals surface area contributed by atoms with Gasteiger partial charge in [-0.05, 0) is 37.1 Å². The van der Waals surface area contributed by atoms with Crippen LogP contribution in [0.4, 0.5) is 0 Å². The third-order valence-electron chi connectivity index (χ3n) is 4.95. The number of aryl methyl sites for hydroxylation is 2. The van der Waals surface area contributed by atoms with Gasteiger partial charge in [0.25, 0.3) is 0 Å². The predicted octanol–water partition coefficient (Wildman–Crippen LogP) is 4.42. The van der Waals surface area contributed by atoms with Crippen LogP contribution in [0.1, 0.15) is 35.7 Å². The molecule has 1 saturated heterocycles. The first-order valence-electron chi connectivity index (χ1n) is 8.72. The second-order valence-electron chi connectivity index (χ2n) is 6.79.